The maximum atomic E-state index is 5.96. The van der Waals surface area contributed by atoms with Gasteiger partial charge in [0.1, 0.15) is 11.5 Å². The zero-order valence-electron chi connectivity index (χ0n) is 28.7. The van der Waals surface area contributed by atoms with Crippen LogP contribution in [0.25, 0.3) is 0 Å². The third-order valence-electron chi connectivity index (χ3n) is 7.71. The van der Waals surface area contributed by atoms with E-state index in [-0.39, 0.29) is 136 Å². The standard InChI is InChI=1S/C30H58N8O2.8BrH/c1-39-29-23-28(26-38-20-6-12-34-16-14-32-8-4-10-36-18-22-38)30(40-2)24-27(29)25-37-19-5-11-33-15-13-31-7-3-9-35-17-21-37;;;;;;;;/h23-24,31-36H,3-22,25-26H2,1-2H3;8*1H. The molecule has 0 amide bonds. The lowest BCUT2D eigenvalue weighted by Crippen LogP contribution is -2.37. The summed E-state index contributed by atoms with van der Waals surface area (Å²) in [6, 6.07) is 4.43. The number of nitrogens with zero attached hydrogens (tertiary/aromatic N) is 2. The van der Waals surface area contributed by atoms with Crippen molar-refractivity contribution in [2.75, 3.05) is 119 Å². The summed E-state index contributed by atoms with van der Waals surface area (Å²) >= 11 is 0. The van der Waals surface area contributed by atoms with Crippen LogP contribution in [0.15, 0.2) is 12.1 Å². The summed E-state index contributed by atoms with van der Waals surface area (Å²) in [5, 5.41) is 21.4. The van der Waals surface area contributed by atoms with Crippen LogP contribution in [0.2, 0.25) is 0 Å². The van der Waals surface area contributed by atoms with E-state index in [1.54, 1.807) is 14.2 Å². The number of hydrogen-bond acceptors (Lipinski definition) is 10. The molecule has 2 fully saturated rings. The van der Waals surface area contributed by atoms with E-state index in [4.69, 9.17) is 9.47 Å². The number of halogens is 8. The highest BCUT2D eigenvalue weighted by atomic mass is 79.9. The van der Waals surface area contributed by atoms with Gasteiger partial charge in [-0.1, -0.05) is 0 Å². The van der Waals surface area contributed by atoms with Crippen LogP contribution < -0.4 is 41.4 Å². The number of ether oxygens (including phenoxy) is 2. The summed E-state index contributed by atoms with van der Waals surface area (Å²) in [5.41, 5.74) is 2.39. The number of rotatable bonds is 6. The Kier molecular flexibility index (Phi) is 54.7. The van der Waals surface area contributed by atoms with Crippen molar-refractivity contribution in [2.24, 2.45) is 0 Å². The number of methoxy groups -OCH3 is 2. The van der Waals surface area contributed by atoms with Crippen molar-refractivity contribution < 1.29 is 9.47 Å². The Bertz CT molecular complexity index is 724. The van der Waals surface area contributed by atoms with E-state index in [1.807, 2.05) is 0 Å². The Morgan fingerprint density at radius 1 is 0.417 bits per heavy atom. The number of nitrogens with one attached hydrogen (secondary N) is 6. The monoisotopic (exact) mass is 1200 g/mol. The molecule has 18 heteroatoms. The maximum Gasteiger partial charge on any atom is 0.123 e. The Balaban J connectivity index is -0.000000551. The number of benzene rings is 1. The van der Waals surface area contributed by atoms with E-state index < -0.39 is 0 Å². The molecule has 3 rings (SSSR count). The molecule has 0 saturated carbocycles. The molecule has 294 valence electrons. The van der Waals surface area contributed by atoms with Gasteiger partial charge in [0.2, 0.25) is 0 Å². The van der Waals surface area contributed by atoms with Gasteiger partial charge in [-0.15, -0.1) is 136 Å². The first-order valence-electron chi connectivity index (χ1n) is 15.7. The average molecular weight is 1210 g/mol. The Hall–Kier alpha value is 2.34. The molecule has 0 radical (unpaired) electrons. The maximum absolute atomic E-state index is 5.96. The highest BCUT2D eigenvalue weighted by Gasteiger charge is 2.17. The van der Waals surface area contributed by atoms with Crippen LogP contribution in [0, 0.1) is 0 Å². The smallest absolute Gasteiger partial charge is 0.123 e. The molecule has 10 nitrogen and oxygen atoms in total. The normalized spacial score (nSPS) is 18.0. The van der Waals surface area contributed by atoms with Crippen molar-refractivity contribution in [3.8, 4) is 11.5 Å². The fraction of sp³-hybridized carbons (Fsp3) is 0.800. The van der Waals surface area contributed by atoms with Crippen molar-refractivity contribution in [3.05, 3.63) is 23.3 Å². The van der Waals surface area contributed by atoms with Gasteiger partial charge in [-0.3, -0.25) is 9.80 Å². The predicted octanol–water partition coefficient (Wildman–Crippen LogP) is 5.06. The Morgan fingerprint density at radius 3 is 1.02 bits per heavy atom. The van der Waals surface area contributed by atoms with Gasteiger partial charge in [-0.2, -0.15) is 0 Å². The SMILES string of the molecule is Br.Br.Br.Br.Br.Br.Br.Br.COc1cc(CN2CCCNCCNCCCNCC2)c(OC)cc1CN1CCCNCCNCCCNCC1. The molecule has 1 aromatic rings. The summed E-state index contributed by atoms with van der Waals surface area (Å²) in [5.74, 6) is 1.92. The topological polar surface area (TPSA) is 97.1 Å². The van der Waals surface area contributed by atoms with Gasteiger partial charge in [-0.05, 0) is 90.2 Å². The van der Waals surface area contributed by atoms with Gasteiger partial charge in [0, 0.05) is 76.6 Å². The van der Waals surface area contributed by atoms with Crippen LogP contribution in [0.5, 0.6) is 11.5 Å². The highest BCUT2D eigenvalue weighted by Crippen LogP contribution is 2.31. The van der Waals surface area contributed by atoms with Gasteiger partial charge in [0.05, 0.1) is 14.2 Å². The van der Waals surface area contributed by atoms with E-state index in [0.717, 1.165) is 155 Å². The minimum atomic E-state index is 0. The van der Waals surface area contributed by atoms with Crippen LogP contribution >= 0.6 is 136 Å². The second-order valence-corrected chi connectivity index (χ2v) is 10.9. The molecule has 48 heavy (non-hydrogen) atoms. The lowest BCUT2D eigenvalue weighted by atomic mass is 10.1. The largest absolute Gasteiger partial charge is 0.496 e. The molecule has 2 aliphatic rings. The first-order valence-corrected chi connectivity index (χ1v) is 15.7. The average Bonchev–Trinajstić information content (AvgIpc) is 2.97. The van der Waals surface area contributed by atoms with E-state index in [2.05, 4.69) is 53.8 Å². The minimum absolute atomic E-state index is 0. The molecule has 0 atom stereocenters. The van der Waals surface area contributed by atoms with Crippen molar-refractivity contribution in [2.45, 2.75) is 38.8 Å². The lowest BCUT2D eigenvalue weighted by molar-refractivity contribution is 0.250. The van der Waals surface area contributed by atoms with Gasteiger partial charge >= 0.3 is 0 Å². The first kappa shape index (κ1) is 62.3. The molecule has 0 spiro atoms. The first-order chi connectivity index (χ1) is 19.8. The molecule has 6 N–H and O–H groups in total. The van der Waals surface area contributed by atoms with E-state index in [1.165, 1.54) is 11.1 Å². The van der Waals surface area contributed by atoms with Crippen molar-refractivity contribution in [1.29, 1.82) is 0 Å². The minimum Gasteiger partial charge on any atom is -0.496 e. The van der Waals surface area contributed by atoms with E-state index >= 15 is 0 Å². The predicted molar refractivity (Wildman–Crippen MR) is 248 cm³/mol. The summed E-state index contributed by atoms with van der Waals surface area (Å²) in [4.78, 5) is 5.09. The molecular formula is C30H66Br8N8O2. The van der Waals surface area contributed by atoms with Crippen LogP contribution in [0.1, 0.15) is 36.8 Å². The van der Waals surface area contributed by atoms with Gasteiger partial charge in [-0.25, -0.2) is 0 Å². The van der Waals surface area contributed by atoms with E-state index in [9.17, 15) is 0 Å². The van der Waals surface area contributed by atoms with E-state index in [0.29, 0.717) is 0 Å². The quantitative estimate of drug-likeness (QED) is 0.233. The van der Waals surface area contributed by atoms with Crippen LogP contribution in [-0.4, -0.2) is 129 Å². The van der Waals surface area contributed by atoms with Crippen molar-refractivity contribution in [1.82, 2.24) is 41.7 Å². The summed E-state index contributed by atoms with van der Waals surface area (Å²) in [6.07, 6.45) is 4.58. The lowest BCUT2D eigenvalue weighted by Gasteiger charge is -2.27. The van der Waals surface area contributed by atoms with Crippen molar-refractivity contribution in [3.63, 3.8) is 0 Å². The van der Waals surface area contributed by atoms with Gasteiger partial charge in [0.25, 0.3) is 0 Å². The third kappa shape index (κ3) is 27.9. The zero-order chi connectivity index (χ0) is 28.1. The molecule has 0 unspecified atom stereocenters. The summed E-state index contributed by atoms with van der Waals surface area (Å²) in [7, 11) is 3.59. The van der Waals surface area contributed by atoms with Crippen LogP contribution in [0.4, 0.5) is 0 Å². The highest BCUT2D eigenvalue weighted by molar-refractivity contribution is 8.93. The summed E-state index contributed by atoms with van der Waals surface area (Å²) in [6.45, 7) is 18.3. The van der Waals surface area contributed by atoms with Crippen LogP contribution in [0.3, 0.4) is 0 Å². The third-order valence-corrected chi connectivity index (χ3v) is 7.71. The van der Waals surface area contributed by atoms with Gasteiger partial charge in [0.15, 0.2) is 0 Å². The fourth-order valence-electron chi connectivity index (χ4n) is 5.40. The molecular weight excluding hydrogens is 1140 g/mol. The van der Waals surface area contributed by atoms with Crippen molar-refractivity contribution >= 4 is 136 Å². The molecule has 0 aliphatic carbocycles. The zero-order valence-corrected chi connectivity index (χ0v) is 42.4. The Morgan fingerprint density at radius 2 is 0.708 bits per heavy atom. The summed E-state index contributed by atoms with van der Waals surface area (Å²) < 4.78 is 11.9. The second kappa shape index (κ2) is 42.1. The van der Waals surface area contributed by atoms with Gasteiger partial charge < -0.3 is 41.4 Å². The molecule has 1 aromatic carbocycles. The Labute approximate surface area is 375 Å². The second-order valence-electron chi connectivity index (χ2n) is 10.9. The molecule has 0 aromatic heterocycles. The fourth-order valence-corrected chi connectivity index (χ4v) is 5.40. The molecule has 2 heterocycles. The van der Waals surface area contributed by atoms with Crippen LogP contribution in [-0.2, 0) is 13.1 Å². The molecule has 2 aliphatic heterocycles. The molecule has 0 bridgehead atoms. The molecule has 2 saturated heterocycles. The number of hydrogen-bond donors (Lipinski definition) is 6.